The molecule has 1 aromatic carbocycles. The summed E-state index contributed by atoms with van der Waals surface area (Å²) < 4.78 is 16.1. The minimum Gasteiger partial charge on any atom is -0.496 e. The van der Waals surface area contributed by atoms with Gasteiger partial charge in [0.1, 0.15) is 17.2 Å². The molecule has 4 heteroatoms. The Balaban J connectivity index is 2.76. The average Bonchev–Trinajstić information content (AvgIpc) is 2.36. The van der Waals surface area contributed by atoms with E-state index in [0.717, 1.165) is 22.6 Å². The number of benzene rings is 1. The number of halogens is 1. The van der Waals surface area contributed by atoms with Crippen molar-refractivity contribution >= 4 is 15.9 Å². The second-order valence-corrected chi connectivity index (χ2v) is 5.20. The van der Waals surface area contributed by atoms with Gasteiger partial charge >= 0.3 is 0 Å². The van der Waals surface area contributed by atoms with E-state index in [2.05, 4.69) is 29.8 Å². The molecule has 0 aliphatic carbocycles. The SMILES string of the molecule is COc1cc(OC)cc(OCC(C)(C)CBr)c1. The summed E-state index contributed by atoms with van der Waals surface area (Å²) in [6, 6.07) is 5.53. The molecular weight excluding hydrogens is 284 g/mol. The van der Waals surface area contributed by atoms with E-state index in [1.807, 2.05) is 18.2 Å². The highest BCUT2D eigenvalue weighted by Gasteiger charge is 2.17. The maximum absolute atomic E-state index is 5.76. The molecule has 0 atom stereocenters. The van der Waals surface area contributed by atoms with Crippen molar-refractivity contribution in [3.8, 4) is 17.2 Å². The van der Waals surface area contributed by atoms with Crippen LogP contribution in [0.4, 0.5) is 0 Å². The van der Waals surface area contributed by atoms with E-state index in [1.54, 1.807) is 14.2 Å². The van der Waals surface area contributed by atoms with Crippen LogP contribution in [0.5, 0.6) is 17.2 Å². The second kappa shape index (κ2) is 6.15. The molecule has 1 aromatic rings. The highest BCUT2D eigenvalue weighted by Crippen LogP contribution is 2.29. The lowest BCUT2D eigenvalue weighted by molar-refractivity contribution is 0.201. The fraction of sp³-hybridized carbons (Fsp3) is 0.538. The minimum absolute atomic E-state index is 0.0936. The molecule has 0 radical (unpaired) electrons. The molecule has 0 bridgehead atoms. The molecule has 0 aromatic heterocycles. The maximum atomic E-state index is 5.76. The van der Waals surface area contributed by atoms with Crippen molar-refractivity contribution in [2.45, 2.75) is 13.8 Å². The van der Waals surface area contributed by atoms with Gasteiger partial charge in [-0.2, -0.15) is 0 Å². The third-order valence-electron chi connectivity index (χ3n) is 2.32. The van der Waals surface area contributed by atoms with E-state index in [0.29, 0.717) is 6.61 Å². The Kier molecular flexibility index (Phi) is 5.12. The number of hydrogen-bond donors (Lipinski definition) is 0. The average molecular weight is 303 g/mol. The molecule has 0 aliphatic rings. The topological polar surface area (TPSA) is 27.7 Å². The molecule has 17 heavy (non-hydrogen) atoms. The van der Waals surface area contributed by atoms with Gasteiger partial charge in [0.25, 0.3) is 0 Å². The summed E-state index contributed by atoms with van der Waals surface area (Å²) >= 11 is 3.47. The van der Waals surface area contributed by atoms with Crippen LogP contribution in [0.3, 0.4) is 0 Å². The van der Waals surface area contributed by atoms with Crippen LogP contribution in [-0.2, 0) is 0 Å². The summed E-state index contributed by atoms with van der Waals surface area (Å²) in [5, 5.41) is 0.890. The van der Waals surface area contributed by atoms with Gasteiger partial charge in [-0.3, -0.25) is 0 Å². The van der Waals surface area contributed by atoms with E-state index >= 15 is 0 Å². The molecule has 0 N–H and O–H groups in total. The number of hydrogen-bond acceptors (Lipinski definition) is 3. The third kappa shape index (κ3) is 4.46. The number of alkyl halides is 1. The zero-order valence-corrected chi connectivity index (χ0v) is 12.3. The first-order valence-corrected chi connectivity index (χ1v) is 6.55. The van der Waals surface area contributed by atoms with Crippen LogP contribution in [0.15, 0.2) is 18.2 Å². The zero-order chi connectivity index (χ0) is 12.9. The van der Waals surface area contributed by atoms with Crippen LogP contribution in [0.1, 0.15) is 13.8 Å². The van der Waals surface area contributed by atoms with Crippen molar-refractivity contribution in [2.24, 2.45) is 5.41 Å². The summed E-state index contributed by atoms with van der Waals surface area (Å²) in [5.41, 5.74) is 0.0936. The van der Waals surface area contributed by atoms with Crippen molar-refractivity contribution in [3.63, 3.8) is 0 Å². The van der Waals surface area contributed by atoms with E-state index < -0.39 is 0 Å². The minimum atomic E-state index is 0.0936. The van der Waals surface area contributed by atoms with Crippen molar-refractivity contribution in [2.75, 3.05) is 26.2 Å². The van der Waals surface area contributed by atoms with Gasteiger partial charge in [0.05, 0.1) is 20.8 Å². The van der Waals surface area contributed by atoms with Gasteiger partial charge in [0.15, 0.2) is 0 Å². The van der Waals surface area contributed by atoms with E-state index in [4.69, 9.17) is 14.2 Å². The maximum Gasteiger partial charge on any atom is 0.126 e. The molecule has 1 rings (SSSR count). The van der Waals surface area contributed by atoms with Gasteiger partial charge in [-0.15, -0.1) is 0 Å². The van der Waals surface area contributed by atoms with Gasteiger partial charge in [-0.1, -0.05) is 29.8 Å². The molecule has 0 heterocycles. The molecule has 3 nitrogen and oxygen atoms in total. The Hall–Kier alpha value is -0.900. The monoisotopic (exact) mass is 302 g/mol. The summed E-state index contributed by atoms with van der Waals surface area (Å²) in [6.45, 7) is 4.91. The van der Waals surface area contributed by atoms with Gasteiger partial charge in [-0.05, 0) is 0 Å². The van der Waals surface area contributed by atoms with Crippen molar-refractivity contribution in [1.82, 2.24) is 0 Å². The molecule has 0 spiro atoms. The number of ether oxygens (including phenoxy) is 3. The highest BCUT2D eigenvalue weighted by atomic mass is 79.9. The molecule has 0 aliphatic heterocycles. The highest BCUT2D eigenvalue weighted by molar-refractivity contribution is 9.09. The lowest BCUT2D eigenvalue weighted by Crippen LogP contribution is -2.22. The van der Waals surface area contributed by atoms with Gasteiger partial charge in [-0.25, -0.2) is 0 Å². The Morgan fingerprint density at radius 1 is 1.00 bits per heavy atom. The van der Waals surface area contributed by atoms with Crippen LogP contribution < -0.4 is 14.2 Å². The zero-order valence-electron chi connectivity index (χ0n) is 10.7. The van der Waals surface area contributed by atoms with Gasteiger partial charge in [0.2, 0.25) is 0 Å². The number of methoxy groups -OCH3 is 2. The van der Waals surface area contributed by atoms with E-state index in [9.17, 15) is 0 Å². The van der Waals surface area contributed by atoms with E-state index in [-0.39, 0.29) is 5.41 Å². The first kappa shape index (κ1) is 14.2. The van der Waals surface area contributed by atoms with Crippen molar-refractivity contribution in [3.05, 3.63) is 18.2 Å². The van der Waals surface area contributed by atoms with Crippen LogP contribution in [0.25, 0.3) is 0 Å². The molecule has 0 saturated carbocycles. The Morgan fingerprint density at radius 2 is 1.47 bits per heavy atom. The normalized spacial score (nSPS) is 11.1. The largest absolute Gasteiger partial charge is 0.496 e. The third-order valence-corrected chi connectivity index (χ3v) is 3.83. The summed E-state index contributed by atoms with van der Waals surface area (Å²) in [5.74, 6) is 2.22. The lowest BCUT2D eigenvalue weighted by atomic mass is 9.98. The first-order valence-electron chi connectivity index (χ1n) is 5.42. The lowest BCUT2D eigenvalue weighted by Gasteiger charge is -2.22. The fourth-order valence-corrected chi connectivity index (χ4v) is 1.34. The van der Waals surface area contributed by atoms with Gasteiger partial charge < -0.3 is 14.2 Å². The second-order valence-electron chi connectivity index (χ2n) is 4.63. The number of rotatable bonds is 6. The molecule has 0 amide bonds. The summed E-state index contributed by atoms with van der Waals surface area (Å²) in [4.78, 5) is 0. The molecular formula is C13H19BrO3. The first-order chi connectivity index (χ1) is 8.00. The standard InChI is InChI=1S/C13H19BrO3/c1-13(2,8-14)9-17-12-6-10(15-3)5-11(7-12)16-4/h5-7H,8-9H2,1-4H3. The molecule has 0 saturated heterocycles. The Labute approximate surface area is 111 Å². The van der Waals surface area contributed by atoms with Gasteiger partial charge in [0, 0.05) is 28.9 Å². The van der Waals surface area contributed by atoms with Crippen LogP contribution >= 0.6 is 15.9 Å². The van der Waals surface area contributed by atoms with Crippen molar-refractivity contribution in [1.29, 1.82) is 0 Å². The Morgan fingerprint density at radius 3 is 1.88 bits per heavy atom. The van der Waals surface area contributed by atoms with Crippen molar-refractivity contribution < 1.29 is 14.2 Å². The quantitative estimate of drug-likeness (QED) is 0.753. The fourth-order valence-electron chi connectivity index (χ4n) is 1.18. The van der Waals surface area contributed by atoms with E-state index in [1.165, 1.54) is 0 Å². The molecule has 0 fully saturated rings. The van der Waals surface area contributed by atoms with Crippen LogP contribution in [-0.4, -0.2) is 26.2 Å². The van der Waals surface area contributed by atoms with Crippen LogP contribution in [0, 0.1) is 5.41 Å². The summed E-state index contributed by atoms with van der Waals surface area (Å²) in [6.07, 6.45) is 0. The molecule has 0 unspecified atom stereocenters. The Bertz CT molecular complexity index is 341. The predicted octanol–water partition coefficient (Wildman–Crippen LogP) is 3.50. The molecule has 96 valence electrons. The summed E-state index contributed by atoms with van der Waals surface area (Å²) in [7, 11) is 3.25. The predicted molar refractivity (Wildman–Crippen MR) is 72.6 cm³/mol. The van der Waals surface area contributed by atoms with Crippen LogP contribution in [0.2, 0.25) is 0 Å². The smallest absolute Gasteiger partial charge is 0.126 e.